The molecule has 110 valence electrons. The minimum absolute atomic E-state index is 0.114. The van der Waals surface area contributed by atoms with Crippen LogP contribution in [0.3, 0.4) is 0 Å². The molecule has 2 rings (SSSR count). The van der Waals surface area contributed by atoms with Crippen molar-refractivity contribution in [2.75, 3.05) is 6.61 Å². The Labute approximate surface area is 126 Å². The predicted octanol–water partition coefficient (Wildman–Crippen LogP) is 2.45. The molecule has 6 heteroatoms. The average molecular weight is 305 g/mol. The summed E-state index contributed by atoms with van der Waals surface area (Å²) in [6, 6.07) is 11.1. The number of hydrogen-bond acceptors (Lipinski definition) is 4. The Morgan fingerprint density at radius 1 is 1.29 bits per heavy atom. The van der Waals surface area contributed by atoms with Gasteiger partial charge in [-0.25, -0.2) is 4.79 Å². The normalized spacial score (nSPS) is 10.1. The van der Waals surface area contributed by atoms with E-state index in [1.54, 1.807) is 13.0 Å². The van der Waals surface area contributed by atoms with E-state index < -0.39 is 5.97 Å². The number of rotatable bonds is 6. The summed E-state index contributed by atoms with van der Waals surface area (Å²) in [5, 5.41) is 11.7. The van der Waals surface area contributed by atoms with E-state index in [0.717, 1.165) is 21.8 Å². The molecule has 1 heterocycles. The van der Waals surface area contributed by atoms with Crippen molar-refractivity contribution in [3.05, 3.63) is 51.7 Å². The standard InChI is InChI=1S/C15H15NO4S/c1-10-7-12(14(21-10)15(18)19)20-9-13(17)16-8-11-5-3-2-4-6-11/h2-7H,8-9H2,1H3,(H,16,17)(H,18,19). The fourth-order valence-electron chi connectivity index (χ4n) is 1.74. The van der Waals surface area contributed by atoms with Gasteiger partial charge in [-0.2, -0.15) is 0 Å². The highest BCUT2D eigenvalue weighted by Gasteiger charge is 2.16. The maximum atomic E-state index is 11.7. The van der Waals surface area contributed by atoms with Gasteiger partial charge in [-0.05, 0) is 18.6 Å². The SMILES string of the molecule is Cc1cc(OCC(=O)NCc2ccccc2)c(C(=O)O)s1. The van der Waals surface area contributed by atoms with Crippen molar-refractivity contribution in [2.45, 2.75) is 13.5 Å². The molecule has 0 unspecified atom stereocenters. The molecule has 5 nitrogen and oxygen atoms in total. The van der Waals surface area contributed by atoms with Crippen molar-refractivity contribution in [3.63, 3.8) is 0 Å². The van der Waals surface area contributed by atoms with Gasteiger partial charge in [0.2, 0.25) is 0 Å². The molecule has 0 radical (unpaired) electrons. The zero-order valence-electron chi connectivity index (χ0n) is 11.5. The summed E-state index contributed by atoms with van der Waals surface area (Å²) in [5.74, 6) is -1.10. The van der Waals surface area contributed by atoms with Crippen LogP contribution in [0.25, 0.3) is 0 Å². The molecule has 2 N–H and O–H groups in total. The third-order valence-electron chi connectivity index (χ3n) is 2.71. The first-order chi connectivity index (χ1) is 10.1. The second-order valence-corrected chi connectivity index (χ2v) is 5.66. The average Bonchev–Trinajstić information content (AvgIpc) is 2.85. The molecule has 0 aliphatic rings. The highest BCUT2D eigenvalue weighted by Crippen LogP contribution is 2.28. The number of benzene rings is 1. The number of carbonyl (C=O) groups is 2. The Balaban J connectivity index is 1.85. The summed E-state index contributed by atoms with van der Waals surface area (Å²) < 4.78 is 5.29. The summed E-state index contributed by atoms with van der Waals surface area (Å²) in [6.07, 6.45) is 0. The van der Waals surface area contributed by atoms with Crippen LogP contribution in [-0.4, -0.2) is 23.6 Å². The monoisotopic (exact) mass is 305 g/mol. The molecule has 2 aromatic rings. The first-order valence-corrected chi connectivity index (χ1v) is 7.15. The molecule has 0 atom stereocenters. The number of amides is 1. The lowest BCUT2D eigenvalue weighted by molar-refractivity contribution is -0.123. The topological polar surface area (TPSA) is 75.6 Å². The van der Waals surface area contributed by atoms with Crippen LogP contribution in [0.4, 0.5) is 0 Å². The molecular formula is C15H15NO4S. The summed E-state index contributed by atoms with van der Waals surface area (Å²) in [5.41, 5.74) is 0.989. The Kier molecular flexibility index (Phi) is 4.94. The smallest absolute Gasteiger partial charge is 0.349 e. The molecule has 1 amide bonds. The van der Waals surface area contributed by atoms with Gasteiger partial charge in [-0.1, -0.05) is 30.3 Å². The molecule has 1 aromatic carbocycles. The molecule has 0 saturated carbocycles. The predicted molar refractivity (Wildman–Crippen MR) is 79.8 cm³/mol. The van der Waals surface area contributed by atoms with Crippen LogP contribution in [0, 0.1) is 6.92 Å². The van der Waals surface area contributed by atoms with Crippen LogP contribution >= 0.6 is 11.3 Å². The largest absolute Gasteiger partial charge is 0.482 e. The molecule has 0 fully saturated rings. The van der Waals surface area contributed by atoms with E-state index in [-0.39, 0.29) is 23.1 Å². The molecule has 0 spiro atoms. The molecule has 0 saturated heterocycles. The number of ether oxygens (including phenoxy) is 1. The van der Waals surface area contributed by atoms with Crippen LogP contribution in [0.5, 0.6) is 5.75 Å². The number of thiophene rings is 1. The van der Waals surface area contributed by atoms with Crippen molar-refractivity contribution in [1.82, 2.24) is 5.32 Å². The second kappa shape index (κ2) is 6.90. The van der Waals surface area contributed by atoms with E-state index in [1.807, 2.05) is 30.3 Å². The van der Waals surface area contributed by atoms with Gasteiger partial charge in [0.15, 0.2) is 11.5 Å². The minimum atomic E-state index is -1.05. The number of aromatic carboxylic acids is 1. The maximum absolute atomic E-state index is 11.7. The Bertz CT molecular complexity index is 636. The molecule has 21 heavy (non-hydrogen) atoms. The lowest BCUT2D eigenvalue weighted by Crippen LogP contribution is -2.28. The lowest BCUT2D eigenvalue weighted by Gasteiger charge is -2.07. The van der Waals surface area contributed by atoms with Gasteiger partial charge >= 0.3 is 5.97 Å². The van der Waals surface area contributed by atoms with E-state index in [4.69, 9.17) is 9.84 Å². The highest BCUT2D eigenvalue weighted by atomic mass is 32.1. The van der Waals surface area contributed by atoms with Crippen LogP contribution in [0.1, 0.15) is 20.1 Å². The number of carbonyl (C=O) groups excluding carboxylic acids is 1. The number of nitrogens with one attached hydrogen (secondary N) is 1. The van der Waals surface area contributed by atoms with E-state index in [2.05, 4.69) is 5.32 Å². The van der Waals surface area contributed by atoms with E-state index in [0.29, 0.717) is 6.54 Å². The van der Waals surface area contributed by atoms with Gasteiger partial charge in [-0.3, -0.25) is 4.79 Å². The van der Waals surface area contributed by atoms with Gasteiger partial charge in [0.1, 0.15) is 5.75 Å². The van der Waals surface area contributed by atoms with Crippen LogP contribution < -0.4 is 10.1 Å². The van der Waals surface area contributed by atoms with Crippen LogP contribution in [0.2, 0.25) is 0 Å². The van der Waals surface area contributed by atoms with Crippen molar-refractivity contribution in [2.24, 2.45) is 0 Å². The summed E-state index contributed by atoms with van der Waals surface area (Å²) in [6.45, 7) is 2.00. The first-order valence-electron chi connectivity index (χ1n) is 6.33. The van der Waals surface area contributed by atoms with Crippen molar-refractivity contribution in [1.29, 1.82) is 0 Å². The molecule has 1 aromatic heterocycles. The minimum Gasteiger partial charge on any atom is -0.482 e. The number of carboxylic acid groups (broad SMARTS) is 1. The summed E-state index contributed by atoms with van der Waals surface area (Å²) in [7, 11) is 0. The Hall–Kier alpha value is -2.34. The zero-order valence-corrected chi connectivity index (χ0v) is 12.3. The van der Waals surface area contributed by atoms with E-state index in [1.165, 1.54) is 0 Å². The van der Waals surface area contributed by atoms with Gasteiger partial charge < -0.3 is 15.2 Å². The van der Waals surface area contributed by atoms with Crippen molar-refractivity contribution in [3.8, 4) is 5.75 Å². The van der Waals surface area contributed by atoms with Gasteiger partial charge in [0.05, 0.1) is 0 Å². The fourth-order valence-corrected chi connectivity index (χ4v) is 2.53. The number of aryl methyl sites for hydroxylation is 1. The Morgan fingerprint density at radius 3 is 2.67 bits per heavy atom. The van der Waals surface area contributed by atoms with Crippen molar-refractivity contribution >= 4 is 23.2 Å². The Morgan fingerprint density at radius 2 is 2.00 bits per heavy atom. The van der Waals surface area contributed by atoms with Crippen LogP contribution in [-0.2, 0) is 11.3 Å². The summed E-state index contributed by atoms with van der Waals surface area (Å²) in [4.78, 5) is 23.7. The first kappa shape index (κ1) is 15.1. The number of carboxylic acids is 1. The van der Waals surface area contributed by atoms with Gasteiger partial charge in [0, 0.05) is 11.4 Å². The van der Waals surface area contributed by atoms with Crippen LogP contribution in [0.15, 0.2) is 36.4 Å². The maximum Gasteiger partial charge on any atom is 0.349 e. The summed E-state index contributed by atoms with van der Waals surface area (Å²) >= 11 is 1.13. The second-order valence-electron chi connectivity index (χ2n) is 4.41. The third-order valence-corrected chi connectivity index (χ3v) is 3.73. The zero-order chi connectivity index (χ0) is 15.2. The van der Waals surface area contributed by atoms with Crippen molar-refractivity contribution < 1.29 is 19.4 Å². The van der Waals surface area contributed by atoms with Gasteiger partial charge in [0.25, 0.3) is 5.91 Å². The fraction of sp³-hybridized carbons (Fsp3) is 0.200. The molecule has 0 aliphatic carbocycles. The highest BCUT2D eigenvalue weighted by molar-refractivity contribution is 7.14. The quantitative estimate of drug-likeness (QED) is 0.859. The lowest BCUT2D eigenvalue weighted by atomic mass is 10.2. The third kappa shape index (κ3) is 4.32. The molecule has 0 aliphatic heterocycles. The van der Waals surface area contributed by atoms with E-state index in [9.17, 15) is 9.59 Å². The number of hydrogen-bond donors (Lipinski definition) is 2. The van der Waals surface area contributed by atoms with E-state index >= 15 is 0 Å². The molecule has 0 bridgehead atoms. The van der Waals surface area contributed by atoms with Gasteiger partial charge in [-0.15, -0.1) is 11.3 Å². The molecular weight excluding hydrogens is 290 g/mol.